The molecule has 0 saturated carbocycles. The fourth-order valence-corrected chi connectivity index (χ4v) is 4.09. The van der Waals surface area contributed by atoms with Crippen LogP contribution in [-0.4, -0.2) is 39.6 Å². The molecule has 0 spiro atoms. The number of amides is 1. The predicted molar refractivity (Wildman–Crippen MR) is 134 cm³/mol. The molecule has 2 heterocycles. The molecule has 0 bridgehead atoms. The van der Waals surface area contributed by atoms with Crippen LogP contribution in [0.15, 0.2) is 46.6 Å². The van der Waals surface area contributed by atoms with Crippen LogP contribution < -0.4 is 5.73 Å². The van der Waals surface area contributed by atoms with Gasteiger partial charge in [-0.15, -0.1) is 0 Å². The lowest BCUT2D eigenvalue weighted by molar-refractivity contribution is -0.117. The standard InChI is InChI=1S/C26H30ClF2N5O/c1-4-16(3)31-14-24(21(27)5-2)34-9-8-20-22(11-17-6-7-19(29)10-18(17)13-28)32-26(12-25(30)35)33-23(20)15-34/h5-7,10,14,16H,2,4,8-9,11-13,15H2,1,3H3,(H2,30,35)/b24-21-,31-14?. The Morgan fingerprint density at radius 3 is 2.80 bits per heavy atom. The van der Waals surface area contributed by atoms with Crippen molar-refractivity contribution >= 4 is 23.7 Å². The van der Waals surface area contributed by atoms with E-state index in [0.717, 1.165) is 23.4 Å². The monoisotopic (exact) mass is 501 g/mol. The number of nitrogens with zero attached hydrogens (tertiary/aromatic N) is 4. The van der Waals surface area contributed by atoms with Crippen molar-refractivity contribution in [3.63, 3.8) is 0 Å². The van der Waals surface area contributed by atoms with Crippen LogP contribution in [0.4, 0.5) is 8.78 Å². The SMILES string of the molecule is C=C/C(Cl)=C(\C=NC(C)CC)N1CCc2c(Cc3ccc(F)cc3CF)nc(CC(N)=O)nc2C1. The van der Waals surface area contributed by atoms with E-state index >= 15 is 0 Å². The topological polar surface area (TPSA) is 84.5 Å². The lowest BCUT2D eigenvalue weighted by atomic mass is 9.96. The first kappa shape index (κ1) is 26.5. The number of aliphatic imine (C=N–C) groups is 1. The van der Waals surface area contributed by atoms with E-state index in [9.17, 15) is 13.6 Å². The number of nitrogens with two attached hydrogens (primary N) is 1. The van der Waals surface area contributed by atoms with Crippen molar-refractivity contribution in [2.45, 2.75) is 58.8 Å². The molecule has 9 heteroatoms. The number of alkyl halides is 1. The molecule has 0 fully saturated rings. The molecule has 0 saturated heterocycles. The summed E-state index contributed by atoms with van der Waals surface area (Å²) >= 11 is 6.47. The summed E-state index contributed by atoms with van der Waals surface area (Å²) < 4.78 is 27.2. The molecule has 1 aromatic carbocycles. The minimum absolute atomic E-state index is 0.120. The van der Waals surface area contributed by atoms with Gasteiger partial charge in [0.2, 0.25) is 5.91 Å². The van der Waals surface area contributed by atoms with Crippen LogP contribution in [0.2, 0.25) is 0 Å². The summed E-state index contributed by atoms with van der Waals surface area (Å²) in [5.74, 6) is -0.745. The van der Waals surface area contributed by atoms with Crippen LogP contribution in [0.25, 0.3) is 0 Å². The van der Waals surface area contributed by atoms with Gasteiger partial charge in [-0.25, -0.2) is 18.7 Å². The number of hydrogen-bond acceptors (Lipinski definition) is 5. The third kappa shape index (κ3) is 6.72. The summed E-state index contributed by atoms with van der Waals surface area (Å²) in [7, 11) is 0. The highest BCUT2D eigenvalue weighted by atomic mass is 35.5. The number of carbonyl (C=O) groups is 1. The number of benzene rings is 1. The minimum atomic E-state index is -0.786. The molecule has 1 aromatic heterocycles. The fourth-order valence-electron chi connectivity index (χ4n) is 3.92. The number of allylic oxidation sites excluding steroid dienone is 3. The lowest BCUT2D eigenvalue weighted by Gasteiger charge is -2.32. The molecule has 1 amide bonds. The average Bonchev–Trinajstić information content (AvgIpc) is 2.84. The Morgan fingerprint density at radius 2 is 2.14 bits per heavy atom. The van der Waals surface area contributed by atoms with Gasteiger partial charge in [-0.3, -0.25) is 9.79 Å². The molecule has 2 N–H and O–H groups in total. The van der Waals surface area contributed by atoms with Crippen LogP contribution in [0.3, 0.4) is 0 Å². The molecule has 0 aliphatic carbocycles. The van der Waals surface area contributed by atoms with Crippen LogP contribution in [0.5, 0.6) is 0 Å². The van der Waals surface area contributed by atoms with Crippen molar-refractivity contribution in [2.75, 3.05) is 6.54 Å². The van der Waals surface area contributed by atoms with Crippen molar-refractivity contribution in [1.29, 1.82) is 0 Å². The first-order valence-corrected chi connectivity index (χ1v) is 11.9. The Kier molecular flexibility index (Phi) is 9.09. The van der Waals surface area contributed by atoms with Gasteiger partial charge < -0.3 is 10.6 Å². The zero-order chi connectivity index (χ0) is 25.5. The first-order valence-electron chi connectivity index (χ1n) is 11.5. The Balaban J connectivity index is 2.01. The van der Waals surface area contributed by atoms with Crippen LogP contribution in [-0.2, 0) is 37.3 Å². The molecule has 35 heavy (non-hydrogen) atoms. The van der Waals surface area contributed by atoms with E-state index in [1.54, 1.807) is 18.4 Å². The minimum Gasteiger partial charge on any atom is -0.369 e. The Hall–Kier alpha value is -3.13. The van der Waals surface area contributed by atoms with Gasteiger partial charge in [0.05, 0.1) is 35.1 Å². The third-order valence-corrected chi connectivity index (χ3v) is 6.35. The highest BCUT2D eigenvalue weighted by Crippen LogP contribution is 2.27. The molecule has 3 rings (SSSR count). The van der Waals surface area contributed by atoms with Crippen molar-refractivity contribution < 1.29 is 13.6 Å². The number of carbonyl (C=O) groups excluding carboxylic acids is 1. The van der Waals surface area contributed by atoms with Gasteiger partial charge in [0.25, 0.3) is 0 Å². The largest absolute Gasteiger partial charge is 0.369 e. The van der Waals surface area contributed by atoms with E-state index in [-0.39, 0.29) is 18.0 Å². The third-order valence-electron chi connectivity index (χ3n) is 6.01. The van der Waals surface area contributed by atoms with E-state index in [0.29, 0.717) is 48.0 Å². The van der Waals surface area contributed by atoms with Crippen molar-refractivity contribution in [1.82, 2.24) is 14.9 Å². The molecule has 6 nitrogen and oxygen atoms in total. The Morgan fingerprint density at radius 1 is 1.37 bits per heavy atom. The smallest absolute Gasteiger partial charge is 0.225 e. The van der Waals surface area contributed by atoms with E-state index in [2.05, 4.69) is 33.4 Å². The first-order chi connectivity index (χ1) is 16.7. The molecular weight excluding hydrogens is 472 g/mol. The summed E-state index contributed by atoms with van der Waals surface area (Å²) in [4.78, 5) is 27.5. The molecular formula is C26H30ClF2N5O. The average molecular weight is 502 g/mol. The maximum Gasteiger partial charge on any atom is 0.225 e. The van der Waals surface area contributed by atoms with Gasteiger partial charge in [0.15, 0.2) is 0 Å². The molecule has 1 aliphatic heterocycles. The number of rotatable bonds is 10. The summed E-state index contributed by atoms with van der Waals surface area (Å²) in [5.41, 5.74) is 9.40. The second-order valence-corrected chi connectivity index (χ2v) is 8.93. The number of fused-ring (bicyclic) bond motifs is 1. The number of aromatic nitrogens is 2. The zero-order valence-corrected chi connectivity index (χ0v) is 20.8. The number of halogens is 3. The van der Waals surface area contributed by atoms with E-state index in [4.69, 9.17) is 17.3 Å². The molecule has 1 unspecified atom stereocenters. The number of hydrogen-bond donors (Lipinski definition) is 1. The van der Waals surface area contributed by atoms with Gasteiger partial charge in [0, 0.05) is 25.2 Å². The summed E-state index contributed by atoms with van der Waals surface area (Å²) in [6.07, 6.45) is 5.02. The summed E-state index contributed by atoms with van der Waals surface area (Å²) in [6.45, 7) is 8.13. The number of primary amides is 1. The van der Waals surface area contributed by atoms with Crippen LogP contribution >= 0.6 is 11.6 Å². The second-order valence-electron chi connectivity index (χ2n) is 8.52. The van der Waals surface area contributed by atoms with Crippen molar-refractivity contribution in [3.05, 3.63) is 81.3 Å². The van der Waals surface area contributed by atoms with Crippen LogP contribution in [0.1, 0.15) is 54.2 Å². The van der Waals surface area contributed by atoms with E-state index < -0.39 is 18.4 Å². The maximum atomic E-state index is 13.6. The highest BCUT2D eigenvalue weighted by molar-refractivity contribution is 6.32. The van der Waals surface area contributed by atoms with Crippen molar-refractivity contribution in [2.24, 2.45) is 10.7 Å². The van der Waals surface area contributed by atoms with Crippen molar-refractivity contribution in [3.8, 4) is 0 Å². The quantitative estimate of drug-likeness (QED) is 0.382. The zero-order valence-electron chi connectivity index (χ0n) is 20.0. The van der Waals surface area contributed by atoms with Crippen LogP contribution in [0, 0.1) is 5.82 Å². The van der Waals surface area contributed by atoms with E-state index in [1.165, 1.54) is 12.1 Å². The van der Waals surface area contributed by atoms with Gasteiger partial charge >= 0.3 is 0 Å². The van der Waals surface area contributed by atoms with E-state index in [1.807, 2.05) is 6.92 Å². The van der Waals surface area contributed by atoms with Gasteiger partial charge in [-0.1, -0.05) is 31.2 Å². The fraction of sp³-hybridized carbons (Fsp3) is 0.385. The lowest BCUT2D eigenvalue weighted by Crippen LogP contribution is -2.33. The van der Waals surface area contributed by atoms with Gasteiger partial charge in [-0.2, -0.15) is 0 Å². The summed E-state index contributed by atoms with van der Waals surface area (Å²) in [6, 6.07) is 4.21. The molecule has 186 valence electrons. The van der Waals surface area contributed by atoms with Gasteiger partial charge in [0.1, 0.15) is 18.3 Å². The normalized spacial score (nSPS) is 15.1. The molecule has 1 aliphatic rings. The second kappa shape index (κ2) is 12.0. The Bertz CT molecular complexity index is 1160. The Labute approximate surface area is 209 Å². The summed E-state index contributed by atoms with van der Waals surface area (Å²) in [5, 5.41) is 0.478. The highest BCUT2D eigenvalue weighted by Gasteiger charge is 2.25. The molecule has 1 atom stereocenters. The predicted octanol–water partition coefficient (Wildman–Crippen LogP) is 4.57. The van der Waals surface area contributed by atoms with Gasteiger partial charge in [-0.05, 0) is 54.7 Å². The maximum absolute atomic E-state index is 13.6. The molecule has 0 radical (unpaired) electrons. The molecule has 2 aromatic rings.